The average molecular weight is 342 g/mol. The number of aryl methyl sites for hydroxylation is 2. The Labute approximate surface area is 148 Å². The second kappa shape index (κ2) is 7.59. The van der Waals surface area contributed by atoms with Gasteiger partial charge < -0.3 is 19.5 Å². The summed E-state index contributed by atoms with van der Waals surface area (Å²) >= 11 is 0. The summed E-state index contributed by atoms with van der Waals surface area (Å²) in [6, 6.07) is 7.48. The standard InChI is InChI=1S/C19H26N4O2/c1-4-25-18-8-6-5-7-17(18)21-19(24)22-10-9-16(12-22)13-23-14(2)11-20-15(23)3/h5-8,11,16H,4,9-10,12-13H2,1-3H3,(H,21,24). The molecular weight excluding hydrogens is 316 g/mol. The minimum Gasteiger partial charge on any atom is -0.492 e. The molecule has 1 N–H and O–H groups in total. The van der Waals surface area contributed by atoms with Crippen molar-refractivity contribution in [3.05, 3.63) is 42.0 Å². The number of carbonyl (C=O) groups is 1. The Morgan fingerprint density at radius 2 is 2.16 bits per heavy atom. The number of amides is 2. The van der Waals surface area contributed by atoms with Gasteiger partial charge >= 0.3 is 6.03 Å². The highest BCUT2D eigenvalue weighted by Gasteiger charge is 2.27. The molecule has 1 aliphatic heterocycles. The van der Waals surface area contributed by atoms with Crippen molar-refractivity contribution in [2.75, 3.05) is 25.0 Å². The van der Waals surface area contributed by atoms with Crippen molar-refractivity contribution in [2.45, 2.75) is 33.7 Å². The van der Waals surface area contributed by atoms with Gasteiger partial charge in [0.25, 0.3) is 0 Å². The van der Waals surface area contributed by atoms with E-state index in [2.05, 4.69) is 21.8 Å². The van der Waals surface area contributed by atoms with Gasteiger partial charge in [-0.2, -0.15) is 0 Å². The number of urea groups is 1. The van der Waals surface area contributed by atoms with E-state index in [4.69, 9.17) is 4.74 Å². The van der Waals surface area contributed by atoms with Crippen LogP contribution in [-0.4, -0.2) is 40.2 Å². The molecular formula is C19H26N4O2. The van der Waals surface area contributed by atoms with Crippen LogP contribution in [0.25, 0.3) is 0 Å². The molecule has 6 nitrogen and oxygen atoms in total. The first-order chi connectivity index (χ1) is 12.1. The molecule has 1 aromatic carbocycles. The van der Waals surface area contributed by atoms with Crippen LogP contribution in [0.3, 0.4) is 0 Å². The van der Waals surface area contributed by atoms with Gasteiger partial charge in [-0.1, -0.05) is 12.1 Å². The number of rotatable bonds is 5. The number of ether oxygens (including phenoxy) is 1. The molecule has 1 aromatic heterocycles. The van der Waals surface area contributed by atoms with E-state index < -0.39 is 0 Å². The molecule has 0 radical (unpaired) electrons. The number of hydrogen-bond acceptors (Lipinski definition) is 3. The topological polar surface area (TPSA) is 59.4 Å². The predicted octanol–water partition coefficient (Wildman–Crippen LogP) is 3.45. The fourth-order valence-electron chi connectivity index (χ4n) is 3.33. The molecule has 6 heteroatoms. The van der Waals surface area contributed by atoms with Crippen molar-refractivity contribution in [2.24, 2.45) is 5.92 Å². The van der Waals surface area contributed by atoms with E-state index in [1.165, 1.54) is 5.69 Å². The number of nitrogens with zero attached hydrogens (tertiary/aromatic N) is 3. The van der Waals surface area contributed by atoms with Gasteiger partial charge in [0.15, 0.2) is 0 Å². The van der Waals surface area contributed by atoms with Crippen LogP contribution in [-0.2, 0) is 6.54 Å². The van der Waals surface area contributed by atoms with Crippen LogP contribution in [0.1, 0.15) is 24.9 Å². The summed E-state index contributed by atoms with van der Waals surface area (Å²) in [5, 5.41) is 2.98. The molecule has 1 unspecified atom stereocenters. The van der Waals surface area contributed by atoms with E-state index in [0.29, 0.717) is 18.3 Å². The van der Waals surface area contributed by atoms with Crippen molar-refractivity contribution in [3.8, 4) is 5.75 Å². The predicted molar refractivity (Wildman–Crippen MR) is 98.0 cm³/mol. The summed E-state index contributed by atoms with van der Waals surface area (Å²) in [5.41, 5.74) is 1.89. The molecule has 3 rings (SSSR count). The Morgan fingerprint density at radius 1 is 1.36 bits per heavy atom. The van der Waals surface area contributed by atoms with Crippen molar-refractivity contribution >= 4 is 11.7 Å². The zero-order chi connectivity index (χ0) is 17.8. The van der Waals surface area contributed by atoms with Gasteiger partial charge in [-0.15, -0.1) is 0 Å². The monoisotopic (exact) mass is 342 g/mol. The largest absolute Gasteiger partial charge is 0.492 e. The first-order valence-corrected chi connectivity index (χ1v) is 8.85. The van der Waals surface area contributed by atoms with Gasteiger partial charge in [-0.25, -0.2) is 9.78 Å². The van der Waals surface area contributed by atoms with E-state index in [0.717, 1.165) is 37.6 Å². The lowest BCUT2D eigenvalue weighted by Gasteiger charge is -2.19. The van der Waals surface area contributed by atoms with Crippen molar-refractivity contribution in [3.63, 3.8) is 0 Å². The minimum absolute atomic E-state index is 0.0614. The van der Waals surface area contributed by atoms with Crippen LogP contribution < -0.4 is 10.1 Å². The van der Waals surface area contributed by atoms with E-state index in [9.17, 15) is 4.79 Å². The molecule has 1 fully saturated rings. The second-order valence-electron chi connectivity index (χ2n) is 6.52. The third kappa shape index (κ3) is 3.95. The van der Waals surface area contributed by atoms with Crippen molar-refractivity contribution < 1.29 is 9.53 Å². The van der Waals surface area contributed by atoms with E-state index in [1.807, 2.05) is 49.2 Å². The quantitative estimate of drug-likeness (QED) is 0.905. The average Bonchev–Trinajstić information content (AvgIpc) is 3.19. The summed E-state index contributed by atoms with van der Waals surface area (Å²) in [7, 11) is 0. The van der Waals surface area contributed by atoms with Crippen LogP contribution in [0.15, 0.2) is 30.5 Å². The van der Waals surface area contributed by atoms with E-state index in [1.54, 1.807) is 0 Å². The number of hydrogen-bond donors (Lipinski definition) is 1. The first-order valence-electron chi connectivity index (χ1n) is 8.85. The fraction of sp³-hybridized carbons (Fsp3) is 0.474. The van der Waals surface area contributed by atoms with Gasteiger partial charge in [0, 0.05) is 31.5 Å². The second-order valence-corrected chi connectivity index (χ2v) is 6.52. The Balaban J connectivity index is 1.59. The fourth-order valence-corrected chi connectivity index (χ4v) is 3.33. The van der Waals surface area contributed by atoms with Gasteiger partial charge in [-0.3, -0.25) is 0 Å². The molecule has 1 saturated heterocycles. The number of imidazole rings is 1. The van der Waals surface area contributed by atoms with E-state index in [-0.39, 0.29) is 6.03 Å². The van der Waals surface area contributed by atoms with Crippen LogP contribution in [0.2, 0.25) is 0 Å². The van der Waals surface area contributed by atoms with Gasteiger partial charge in [0.2, 0.25) is 0 Å². The van der Waals surface area contributed by atoms with Crippen LogP contribution in [0.5, 0.6) is 5.75 Å². The van der Waals surface area contributed by atoms with Crippen molar-refractivity contribution in [1.82, 2.24) is 14.5 Å². The molecule has 1 aliphatic rings. The third-order valence-corrected chi connectivity index (χ3v) is 4.70. The highest BCUT2D eigenvalue weighted by Crippen LogP contribution is 2.26. The van der Waals surface area contributed by atoms with Crippen molar-refractivity contribution in [1.29, 1.82) is 0 Å². The number of para-hydroxylation sites is 2. The summed E-state index contributed by atoms with van der Waals surface area (Å²) in [4.78, 5) is 18.8. The number of benzene rings is 1. The zero-order valence-electron chi connectivity index (χ0n) is 15.2. The number of likely N-dealkylation sites (tertiary alicyclic amines) is 1. The first kappa shape index (κ1) is 17.3. The highest BCUT2D eigenvalue weighted by atomic mass is 16.5. The van der Waals surface area contributed by atoms with Crippen LogP contribution >= 0.6 is 0 Å². The highest BCUT2D eigenvalue weighted by molar-refractivity contribution is 5.91. The number of aromatic nitrogens is 2. The molecule has 134 valence electrons. The van der Waals surface area contributed by atoms with E-state index >= 15 is 0 Å². The SMILES string of the molecule is CCOc1ccccc1NC(=O)N1CCC(Cn2c(C)cnc2C)C1. The maximum atomic E-state index is 12.6. The lowest BCUT2D eigenvalue weighted by atomic mass is 10.1. The van der Waals surface area contributed by atoms with Gasteiger partial charge in [-0.05, 0) is 45.2 Å². The molecule has 2 heterocycles. The van der Waals surface area contributed by atoms with Gasteiger partial charge in [0.05, 0.1) is 12.3 Å². The maximum Gasteiger partial charge on any atom is 0.321 e. The normalized spacial score (nSPS) is 16.9. The minimum atomic E-state index is -0.0614. The summed E-state index contributed by atoms with van der Waals surface area (Å²) in [6.07, 6.45) is 2.91. The number of anilines is 1. The Kier molecular flexibility index (Phi) is 5.26. The summed E-state index contributed by atoms with van der Waals surface area (Å²) < 4.78 is 7.81. The number of nitrogens with one attached hydrogen (secondary N) is 1. The lowest BCUT2D eigenvalue weighted by Crippen LogP contribution is -2.33. The third-order valence-electron chi connectivity index (χ3n) is 4.70. The molecule has 1 atom stereocenters. The molecule has 0 bridgehead atoms. The Hall–Kier alpha value is -2.50. The van der Waals surface area contributed by atoms with Crippen LogP contribution in [0.4, 0.5) is 10.5 Å². The molecule has 2 amide bonds. The molecule has 0 saturated carbocycles. The zero-order valence-corrected chi connectivity index (χ0v) is 15.2. The maximum absolute atomic E-state index is 12.6. The smallest absolute Gasteiger partial charge is 0.321 e. The van der Waals surface area contributed by atoms with Crippen LogP contribution in [0, 0.1) is 19.8 Å². The summed E-state index contributed by atoms with van der Waals surface area (Å²) in [5.74, 6) is 2.20. The summed E-state index contributed by atoms with van der Waals surface area (Å²) in [6.45, 7) is 9.06. The number of carbonyl (C=O) groups excluding carboxylic acids is 1. The Morgan fingerprint density at radius 3 is 2.88 bits per heavy atom. The molecule has 0 aliphatic carbocycles. The molecule has 2 aromatic rings. The lowest BCUT2D eigenvalue weighted by molar-refractivity contribution is 0.220. The Bertz CT molecular complexity index is 721. The van der Waals surface area contributed by atoms with Gasteiger partial charge in [0.1, 0.15) is 11.6 Å². The molecule has 0 spiro atoms. The molecule has 25 heavy (non-hydrogen) atoms.